The van der Waals surface area contributed by atoms with Crippen LogP contribution in [0.25, 0.3) is 6.08 Å². The molecule has 0 aliphatic carbocycles. The first-order valence-electron chi connectivity index (χ1n) is 4.64. The van der Waals surface area contributed by atoms with E-state index in [1.807, 2.05) is 20.8 Å². The van der Waals surface area contributed by atoms with E-state index in [4.69, 9.17) is 4.74 Å². The third-order valence-electron chi connectivity index (χ3n) is 1.38. The van der Waals surface area contributed by atoms with Gasteiger partial charge in [-0.1, -0.05) is 0 Å². The van der Waals surface area contributed by atoms with E-state index < -0.39 is 5.60 Å². The highest BCUT2D eigenvalue weighted by molar-refractivity contribution is 5.86. The molecule has 15 heavy (non-hydrogen) atoms. The van der Waals surface area contributed by atoms with Gasteiger partial charge >= 0.3 is 5.97 Å². The zero-order chi connectivity index (χ0) is 11.3. The van der Waals surface area contributed by atoms with E-state index in [1.54, 1.807) is 24.7 Å². The fourth-order valence-electron chi connectivity index (χ4n) is 0.886. The molecular weight excluding hydrogens is 192 g/mol. The summed E-state index contributed by atoms with van der Waals surface area (Å²) in [5, 5.41) is 0. The van der Waals surface area contributed by atoms with Crippen molar-refractivity contribution in [1.29, 1.82) is 0 Å². The zero-order valence-electron chi connectivity index (χ0n) is 9.10. The first-order valence-corrected chi connectivity index (χ1v) is 4.64. The van der Waals surface area contributed by atoms with Crippen LogP contribution < -0.4 is 0 Å². The highest BCUT2D eigenvalue weighted by atomic mass is 16.6. The van der Waals surface area contributed by atoms with Crippen molar-refractivity contribution in [3.8, 4) is 0 Å². The lowest BCUT2D eigenvalue weighted by molar-refractivity contribution is -0.148. The number of carbonyl (C=O) groups is 1. The van der Waals surface area contributed by atoms with Gasteiger partial charge in [-0.2, -0.15) is 0 Å². The van der Waals surface area contributed by atoms with E-state index in [-0.39, 0.29) is 5.97 Å². The van der Waals surface area contributed by atoms with Gasteiger partial charge in [-0.05, 0) is 26.8 Å². The Morgan fingerprint density at radius 1 is 1.40 bits per heavy atom. The topological polar surface area (TPSA) is 52.1 Å². The molecule has 0 fully saturated rings. The van der Waals surface area contributed by atoms with Crippen LogP contribution in [-0.4, -0.2) is 21.5 Å². The van der Waals surface area contributed by atoms with Crippen LogP contribution in [0, 0.1) is 0 Å². The standard InChI is InChI=1S/C11H14N2O2/c1-11(2,3)15-10(14)5-4-9-8-12-6-7-13-9/h4-8H,1-3H3/b5-4+. The Kier molecular flexibility index (Phi) is 3.55. The molecule has 80 valence electrons. The Balaban J connectivity index is 2.56. The minimum Gasteiger partial charge on any atom is -0.457 e. The van der Waals surface area contributed by atoms with Gasteiger partial charge in [-0.15, -0.1) is 0 Å². The molecule has 1 aromatic heterocycles. The molecule has 0 N–H and O–H groups in total. The third kappa shape index (κ3) is 4.90. The van der Waals surface area contributed by atoms with Crippen LogP contribution in [0.4, 0.5) is 0 Å². The zero-order valence-corrected chi connectivity index (χ0v) is 9.10. The van der Waals surface area contributed by atoms with Gasteiger partial charge < -0.3 is 4.74 Å². The van der Waals surface area contributed by atoms with Crippen molar-refractivity contribution in [1.82, 2.24) is 9.97 Å². The normalized spacial score (nSPS) is 11.7. The summed E-state index contributed by atoms with van der Waals surface area (Å²) in [6.45, 7) is 5.46. The minimum absolute atomic E-state index is 0.381. The summed E-state index contributed by atoms with van der Waals surface area (Å²) in [4.78, 5) is 19.1. The third-order valence-corrected chi connectivity index (χ3v) is 1.38. The molecule has 0 aliphatic heterocycles. The van der Waals surface area contributed by atoms with Crippen molar-refractivity contribution in [3.05, 3.63) is 30.4 Å². The smallest absolute Gasteiger partial charge is 0.331 e. The molecular formula is C11H14N2O2. The van der Waals surface area contributed by atoms with Crippen LogP contribution in [0.5, 0.6) is 0 Å². The Hall–Kier alpha value is -1.71. The number of aromatic nitrogens is 2. The van der Waals surface area contributed by atoms with Gasteiger partial charge in [-0.25, -0.2) is 4.79 Å². The van der Waals surface area contributed by atoms with Crippen molar-refractivity contribution in [3.63, 3.8) is 0 Å². The molecule has 1 rings (SSSR count). The molecule has 0 saturated heterocycles. The number of nitrogens with zero attached hydrogens (tertiary/aromatic N) is 2. The number of esters is 1. The quantitative estimate of drug-likeness (QED) is 0.547. The molecule has 0 aromatic carbocycles. The first kappa shape index (κ1) is 11.4. The highest BCUT2D eigenvalue weighted by Crippen LogP contribution is 2.07. The highest BCUT2D eigenvalue weighted by Gasteiger charge is 2.13. The van der Waals surface area contributed by atoms with E-state index in [9.17, 15) is 4.79 Å². The minimum atomic E-state index is -0.468. The average molecular weight is 206 g/mol. The predicted octanol–water partition coefficient (Wildman–Crippen LogP) is 1.83. The first-order chi connectivity index (χ1) is 6.97. The van der Waals surface area contributed by atoms with Crippen LogP contribution in [0.15, 0.2) is 24.7 Å². The van der Waals surface area contributed by atoms with Crippen molar-refractivity contribution >= 4 is 12.0 Å². The predicted molar refractivity (Wildman–Crippen MR) is 56.9 cm³/mol. The monoisotopic (exact) mass is 206 g/mol. The van der Waals surface area contributed by atoms with Gasteiger partial charge in [0.2, 0.25) is 0 Å². The number of carbonyl (C=O) groups excluding carboxylic acids is 1. The number of rotatable bonds is 2. The summed E-state index contributed by atoms with van der Waals surface area (Å²) in [6, 6.07) is 0. The molecule has 0 aliphatic rings. The second-order valence-electron chi connectivity index (χ2n) is 4.00. The largest absolute Gasteiger partial charge is 0.457 e. The SMILES string of the molecule is CC(C)(C)OC(=O)/C=C/c1cnccn1. The summed E-state index contributed by atoms with van der Waals surface area (Å²) in [5.74, 6) is -0.381. The summed E-state index contributed by atoms with van der Waals surface area (Å²) < 4.78 is 5.09. The van der Waals surface area contributed by atoms with Crippen LogP contribution in [0.2, 0.25) is 0 Å². The number of ether oxygens (including phenoxy) is 1. The average Bonchev–Trinajstić information content (AvgIpc) is 2.14. The molecule has 0 radical (unpaired) electrons. The fraction of sp³-hybridized carbons (Fsp3) is 0.364. The molecule has 0 amide bonds. The van der Waals surface area contributed by atoms with Crippen LogP contribution in [0.1, 0.15) is 26.5 Å². The van der Waals surface area contributed by atoms with Crippen molar-refractivity contribution in [2.75, 3.05) is 0 Å². The van der Waals surface area contributed by atoms with Gasteiger partial charge in [0.15, 0.2) is 0 Å². The molecule has 0 spiro atoms. The van der Waals surface area contributed by atoms with Gasteiger partial charge in [0.1, 0.15) is 5.60 Å². The van der Waals surface area contributed by atoms with Crippen LogP contribution in [0.3, 0.4) is 0 Å². The Morgan fingerprint density at radius 2 is 2.13 bits per heavy atom. The maximum absolute atomic E-state index is 11.3. The van der Waals surface area contributed by atoms with Crippen LogP contribution in [-0.2, 0) is 9.53 Å². The van der Waals surface area contributed by atoms with Gasteiger partial charge in [0, 0.05) is 18.5 Å². The van der Waals surface area contributed by atoms with Crippen molar-refractivity contribution < 1.29 is 9.53 Å². The van der Waals surface area contributed by atoms with Gasteiger partial charge in [-0.3, -0.25) is 9.97 Å². The molecule has 4 heteroatoms. The van der Waals surface area contributed by atoms with Gasteiger partial charge in [0.25, 0.3) is 0 Å². The maximum Gasteiger partial charge on any atom is 0.331 e. The molecule has 1 heterocycles. The van der Waals surface area contributed by atoms with E-state index in [1.165, 1.54) is 6.08 Å². The molecule has 0 atom stereocenters. The van der Waals surface area contributed by atoms with Crippen molar-refractivity contribution in [2.45, 2.75) is 26.4 Å². The lowest BCUT2D eigenvalue weighted by Crippen LogP contribution is -2.22. The van der Waals surface area contributed by atoms with Gasteiger partial charge in [0.05, 0.1) is 11.9 Å². The van der Waals surface area contributed by atoms with Crippen molar-refractivity contribution in [2.24, 2.45) is 0 Å². The number of hydrogen-bond acceptors (Lipinski definition) is 4. The molecule has 0 bridgehead atoms. The van der Waals surface area contributed by atoms with E-state index in [0.717, 1.165) is 0 Å². The lowest BCUT2D eigenvalue weighted by Gasteiger charge is -2.17. The Bertz CT molecular complexity index is 353. The van der Waals surface area contributed by atoms with E-state index in [0.29, 0.717) is 5.69 Å². The molecule has 4 nitrogen and oxygen atoms in total. The molecule has 0 unspecified atom stereocenters. The Labute approximate surface area is 89.0 Å². The Morgan fingerprint density at radius 3 is 2.67 bits per heavy atom. The summed E-state index contributed by atoms with van der Waals surface area (Å²) in [6.07, 6.45) is 7.62. The second kappa shape index (κ2) is 4.68. The lowest BCUT2D eigenvalue weighted by atomic mass is 10.2. The number of hydrogen-bond donors (Lipinski definition) is 0. The second-order valence-corrected chi connectivity index (χ2v) is 4.00. The van der Waals surface area contributed by atoms with Crippen LogP contribution >= 0.6 is 0 Å². The molecule has 0 saturated carbocycles. The molecule has 1 aromatic rings. The van der Waals surface area contributed by atoms with E-state index >= 15 is 0 Å². The summed E-state index contributed by atoms with van der Waals surface area (Å²) in [5.41, 5.74) is 0.160. The maximum atomic E-state index is 11.3. The summed E-state index contributed by atoms with van der Waals surface area (Å²) in [7, 11) is 0. The summed E-state index contributed by atoms with van der Waals surface area (Å²) >= 11 is 0. The fourth-order valence-corrected chi connectivity index (χ4v) is 0.886. The van der Waals surface area contributed by atoms with E-state index in [2.05, 4.69) is 9.97 Å².